The highest BCUT2D eigenvalue weighted by Gasteiger charge is 2.32. The average Bonchev–Trinajstić information content (AvgIpc) is 2.98. The van der Waals surface area contributed by atoms with Gasteiger partial charge in [0.05, 0.1) is 18.7 Å². The lowest BCUT2D eigenvalue weighted by molar-refractivity contribution is -0.125. The summed E-state index contributed by atoms with van der Waals surface area (Å²) in [7, 11) is 0. The number of primary amides is 1. The third-order valence-corrected chi connectivity index (χ3v) is 4.17. The number of thiophene rings is 1. The zero-order chi connectivity index (χ0) is 14.8. The minimum Gasteiger partial charge on any atom is -0.477 e. The molecule has 2 amide bonds. The van der Waals surface area contributed by atoms with Gasteiger partial charge >= 0.3 is 0 Å². The molecule has 0 unspecified atom stereocenters. The van der Waals surface area contributed by atoms with Gasteiger partial charge in [-0.1, -0.05) is 18.2 Å². The summed E-state index contributed by atoms with van der Waals surface area (Å²) in [6.45, 7) is 0.149. The van der Waals surface area contributed by atoms with Crippen molar-refractivity contribution in [2.75, 3.05) is 11.4 Å². The maximum absolute atomic E-state index is 12.5. The monoisotopic (exact) mass is 302 g/mol. The van der Waals surface area contributed by atoms with Gasteiger partial charge in [0.2, 0.25) is 5.91 Å². The van der Waals surface area contributed by atoms with Gasteiger partial charge in [-0.3, -0.25) is 9.59 Å². The van der Waals surface area contributed by atoms with Gasteiger partial charge in [-0.15, -0.1) is 11.3 Å². The van der Waals surface area contributed by atoms with E-state index in [0.717, 1.165) is 4.88 Å². The number of hydrogen-bond acceptors (Lipinski definition) is 4. The summed E-state index contributed by atoms with van der Waals surface area (Å²) >= 11 is 1.53. The summed E-state index contributed by atoms with van der Waals surface area (Å²) in [5.41, 5.74) is 6.00. The second-order valence-corrected chi connectivity index (χ2v) is 5.77. The van der Waals surface area contributed by atoms with Crippen LogP contribution in [-0.4, -0.2) is 24.5 Å². The lowest BCUT2D eigenvalue weighted by Gasteiger charge is -2.33. The van der Waals surface area contributed by atoms with E-state index in [2.05, 4.69) is 0 Å². The van der Waals surface area contributed by atoms with Gasteiger partial charge in [-0.2, -0.15) is 0 Å². The number of anilines is 1. The molecule has 2 aromatic rings. The molecule has 2 N–H and O–H groups in total. The lowest BCUT2D eigenvalue weighted by atomic mass is 10.1. The lowest BCUT2D eigenvalue weighted by Crippen LogP contribution is -2.49. The van der Waals surface area contributed by atoms with Crippen molar-refractivity contribution in [1.29, 1.82) is 0 Å². The number of carbonyl (C=O) groups is 2. The number of amides is 2. The van der Waals surface area contributed by atoms with E-state index >= 15 is 0 Å². The third kappa shape index (κ3) is 2.75. The van der Waals surface area contributed by atoms with Gasteiger partial charge in [0.15, 0.2) is 6.10 Å². The van der Waals surface area contributed by atoms with Crippen molar-refractivity contribution in [3.63, 3.8) is 0 Å². The van der Waals surface area contributed by atoms with Gasteiger partial charge in [0, 0.05) is 4.88 Å². The Hall–Kier alpha value is -2.34. The smallest absolute Gasteiger partial charge is 0.260 e. The first kappa shape index (κ1) is 13.6. The molecule has 3 rings (SSSR count). The van der Waals surface area contributed by atoms with Crippen LogP contribution in [0.15, 0.2) is 41.8 Å². The van der Waals surface area contributed by atoms with Gasteiger partial charge in [0.25, 0.3) is 5.91 Å². The zero-order valence-electron chi connectivity index (χ0n) is 11.2. The molecule has 21 heavy (non-hydrogen) atoms. The van der Waals surface area contributed by atoms with Gasteiger partial charge in [-0.25, -0.2) is 0 Å². The second-order valence-electron chi connectivity index (χ2n) is 4.74. The van der Waals surface area contributed by atoms with Crippen LogP contribution >= 0.6 is 11.3 Å². The first-order valence-corrected chi connectivity index (χ1v) is 7.41. The van der Waals surface area contributed by atoms with Crippen molar-refractivity contribution < 1.29 is 14.3 Å². The van der Waals surface area contributed by atoms with Crippen LogP contribution in [0.25, 0.3) is 0 Å². The molecule has 0 saturated heterocycles. The number of benzene rings is 1. The summed E-state index contributed by atoms with van der Waals surface area (Å²) < 4.78 is 5.54. The van der Waals surface area contributed by atoms with Crippen molar-refractivity contribution in [1.82, 2.24) is 0 Å². The molecule has 0 radical (unpaired) electrons. The number of nitrogens with two attached hydrogens (primary N) is 1. The fourth-order valence-corrected chi connectivity index (χ4v) is 2.97. The van der Waals surface area contributed by atoms with E-state index in [4.69, 9.17) is 10.5 Å². The van der Waals surface area contributed by atoms with Crippen LogP contribution in [0.2, 0.25) is 0 Å². The molecule has 1 aliphatic rings. The predicted octanol–water partition coefficient (Wildman–Crippen LogP) is 1.57. The molecular weight excluding hydrogens is 288 g/mol. The summed E-state index contributed by atoms with van der Waals surface area (Å²) in [5.74, 6) is -0.134. The Morgan fingerprint density at radius 3 is 2.81 bits per heavy atom. The number of ether oxygens (including phenoxy) is 1. The molecule has 1 aromatic carbocycles. The molecule has 1 aromatic heterocycles. The van der Waals surface area contributed by atoms with Crippen LogP contribution < -0.4 is 15.4 Å². The molecule has 108 valence electrons. The Morgan fingerprint density at radius 2 is 2.10 bits per heavy atom. The SMILES string of the molecule is NC(=O)[C@H]1CN(C(=O)Cc2cccs2)c2ccccc2O1. The van der Waals surface area contributed by atoms with Gasteiger partial charge in [-0.05, 0) is 23.6 Å². The first-order chi connectivity index (χ1) is 10.1. The van der Waals surface area contributed by atoms with Crippen molar-refractivity contribution >= 4 is 28.8 Å². The normalized spacial score (nSPS) is 17.0. The first-order valence-electron chi connectivity index (χ1n) is 6.53. The quantitative estimate of drug-likeness (QED) is 0.935. The van der Waals surface area contributed by atoms with Crippen LogP contribution in [0, 0.1) is 0 Å². The van der Waals surface area contributed by atoms with E-state index in [9.17, 15) is 9.59 Å². The Balaban J connectivity index is 1.89. The molecule has 1 aliphatic heterocycles. The zero-order valence-corrected chi connectivity index (χ0v) is 12.0. The van der Waals surface area contributed by atoms with E-state index in [1.165, 1.54) is 11.3 Å². The molecular formula is C15H14N2O3S. The average molecular weight is 302 g/mol. The molecule has 6 heteroatoms. The Kier molecular flexibility index (Phi) is 3.62. The van der Waals surface area contributed by atoms with E-state index in [1.54, 1.807) is 23.1 Å². The molecule has 0 fully saturated rings. The predicted molar refractivity (Wildman–Crippen MR) is 80.4 cm³/mol. The minimum absolute atomic E-state index is 0.0700. The number of fused-ring (bicyclic) bond motifs is 1. The van der Waals surface area contributed by atoms with E-state index in [-0.39, 0.29) is 12.5 Å². The summed E-state index contributed by atoms with van der Waals surface area (Å²) in [4.78, 5) is 26.5. The summed E-state index contributed by atoms with van der Waals surface area (Å²) in [5, 5.41) is 1.93. The number of nitrogens with zero attached hydrogens (tertiary/aromatic N) is 1. The largest absolute Gasteiger partial charge is 0.477 e. The number of rotatable bonds is 3. The third-order valence-electron chi connectivity index (χ3n) is 3.30. The number of carbonyl (C=O) groups excluding carboxylic acids is 2. The summed E-state index contributed by atoms with van der Waals surface area (Å²) in [6, 6.07) is 11.0. The second kappa shape index (κ2) is 5.57. The van der Waals surface area contributed by atoms with Crippen molar-refractivity contribution in [2.24, 2.45) is 5.73 Å². The standard InChI is InChI=1S/C15H14N2O3S/c16-15(19)13-9-17(11-5-1-2-6-12(11)20-13)14(18)8-10-4-3-7-21-10/h1-7,13H,8-9H2,(H2,16,19)/t13-/m1/s1. The van der Waals surface area contributed by atoms with E-state index < -0.39 is 12.0 Å². The Labute approximate surface area is 125 Å². The number of hydrogen-bond donors (Lipinski definition) is 1. The Morgan fingerprint density at radius 1 is 1.29 bits per heavy atom. The molecule has 2 heterocycles. The highest BCUT2D eigenvalue weighted by atomic mass is 32.1. The van der Waals surface area contributed by atoms with Crippen LogP contribution in [0.1, 0.15) is 4.88 Å². The fourth-order valence-electron chi connectivity index (χ4n) is 2.28. The summed E-state index contributed by atoms with van der Waals surface area (Å²) in [6.07, 6.45) is -0.510. The van der Waals surface area contributed by atoms with Crippen molar-refractivity contribution in [3.05, 3.63) is 46.7 Å². The molecule has 1 atom stereocenters. The molecule has 0 spiro atoms. The topological polar surface area (TPSA) is 72.6 Å². The molecule has 5 nitrogen and oxygen atoms in total. The van der Waals surface area contributed by atoms with Crippen LogP contribution in [0.5, 0.6) is 5.75 Å². The van der Waals surface area contributed by atoms with E-state index in [0.29, 0.717) is 17.9 Å². The van der Waals surface area contributed by atoms with E-state index in [1.807, 2.05) is 23.6 Å². The van der Waals surface area contributed by atoms with Gasteiger partial charge < -0.3 is 15.4 Å². The highest BCUT2D eigenvalue weighted by Crippen LogP contribution is 2.33. The van der Waals surface area contributed by atoms with Crippen molar-refractivity contribution in [3.8, 4) is 5.75 Å². The minimum atomic E-state index is -0.813. The molecule has 0 aliphatic carbocycles. The van der Waals surface area contributed by atoms with Gasteiger partial charge in [0.1, 0.15) is 5.75 Å². The highest BCUT2D eigenvalue weighted by molar-refractivity contribution is 7.10. The van der Waals surface area contributed by atoms with Crippen LogP contribution in [-0.2, 0) is 16.0 Å². The maximum atomic E-state index is 12.5. The number of para-hydroxylation sites is 2. The molecule has 0 saturated carbocycles. The van der Waals surface area contributed by atoms with Crippen LogP contribution in [0.4, 0.5) is 5.69 Å². The van der Waals surface area contributed by atoms with Crippen LogP contribution in [0.3, 0.4) is 0 Å². The van der Waals surface area contributed by atoms with Crippen molar-refractivity contribution in [2.45, 2.75) is 12.5 Å². The molecule has 0 bridgehead atoms. The Bertz CT molecular complexity index is 669. The maximum Gasteiger partial charge on any atom is 0.260 e. The fraction of sp³-hybridized carbons (Fsp3) is 0.200.